The second kappa shape index (κ2) is 10.7. The number of anilines is 1. The maximum Gasteiger partial charge on any atom is 0.338 e. The van der Waals surface area contributed by atoms with Crippen LogP contribution in [-0.2, 0) is 9.53 Å². The minimum absolute atomic E-state index is 0.00173. The molecule has 40 heavy (non-hydrogen) atoms. The number of aromatic nitrogens is 3. The van der Waals surface area contributed by atoms with Crippen LogP contribution in [0, 0.1) is 5.92 Å². The highest BCUT2D eigenvalue weighted by molar-refractivity contribution is 7.22. The summed E-state index contributed by atoms with van der Waals surface area (Å²) in [5.74, 6) is -0.112. The number of amides is 1. The molecule has 8 nitrogen and oxygen atoms in total. The normalized spacial score (nSPS) is 16.1. The van der Waals surface area contributed by atoms with E-state index < -0.39 is 0 Å². The largest absolute Gasteiger partial charge is 0.495 e. The van der Waals surface area contributed by atoms with Gasteiger partial charge in [0.2, 0.25) is 5.91 Å². The second-order valence-corrected chi connectivity index (χ2v) is 10.9. The fourth-order valence-corrected chi connectivity index (χ4v) is 5.92. The average molecular weight is 573 g/mol. The van der Waals surface area contributed by atoms with Crippen LogP contribution in [0.15, 0.2) is 72.9 Å². The Morgan fingerprint density at radius 2 is 1.95 bits per heavy atom. The molecule has 3 aromatic carbocycles. The van der Waals surface area contributed by atoms with Gasteiger partial charge in [-0.25, -0.2) is 14.5 Å². The van der Waals surface area contributed by atoms with Crippen molar-refractivity contribution in [1.29, 1.82) is 0 Å². The van der Waals surface area contributed by atoms with E-state index in [1.54, 1.807) is 32.2 Å². The molecule has 6 rings (SSSR count). The molecule has 0 bridgehead atoms. The van der Waals surface area contributed by atoms with Gasteiger partial charge in [-0.15, -0.1) is 0 Å². The smallest absolute Gasteiger partial charge is 0.338 e. The number of nitrogens with one attached hydrogen (secondary N) is 1. The molecule has 2 aromatic heterocycles. The zero-order chi connectivity index (χ0) is 27.8. The van der Waals surface area contributed by atoms with E-state index in [9.17, 15) is 9.59 Å². The van der Waals surface area contributed by atoms with E-state index in [0.29, 0.717) is 40.0 Å². The minimum atomic E-state index is -0.380. The van der Waals surface area contributed by atoms with Gasteiger partial charge in [-0.1, -0.05) is 41.1 Å². The van der Waals surface area contributed by atoms with Crippen LogP contribution >= 0.6 is 22.9 Å². The maximum atomic E-state index is 13.3. The van der Waals surface area contributed by atoms with Crippen LogP contribution in [0.3, 0.4) is 0 Å². The summed E-state index contributed by atoms with van der Waals surface area (Å²) in [6, 6.07) is 20.6. The first kappa shape index (κ1) is 26.0. The summed E-state index contributed by atoms with van der Waals surface area (Å²) >= 11 is 7.77. The van der Waals surface area contributed by atoms with E-state index >= 15 is 0 Å². The molecule has 0 spiro atoms. The number of halogens is 1. The lowest BCUT2D eigenvalue weighted by atomic mass is 10.0. The van der Waals surface area contributed by atoms with Crippen LogP contribution in [0.4, 0.5) is 5.13 Å². The Hall–Kier alpha value is -4.21. The highest BCUT2D eigenvalue weighted by Crippen LogP contribution is 2.51. The Bertz CT molecular complexity index is 1730. The third kappa shape index (κ3) is 5.05. The number of thiazole rings is 1. The van der Waals surface area contributed by atoms with Gasteiger partial charge in [0.1, 0.15) is 5.75 Å². The number of carbonyl (C=O) groups excluding carboxylic acids is 2. The van der Waals surface area contributed by atoms with Crippen LogP contribution in [0.5, 0.6) is 5.75 Å². The second-order valence-electron chi connectivity index (χ2n) is 9.42. The van der Waals surface area contributed by atoms with Crippen molar-refractivity contribution in [3.05, 3.63) is 89.1 Å². The number of rotatable bonds is 8. The average Bonchev–Trinajstić information content (AvgIpc) is 3.47. The number of carbonyl (C=O) groups is 2. The monoisotopic (exact) mass is 572 g/mol. The summed E-state index contributed by atoms with van der Waals surface area (Å²) in [6.07, 6.45) is 2.69. The third-order valence-electron chi connectivity index (χ3n) is 6.84. The van der Waals surface area contributed by atoms with Crippen molar-refractivity contribution in [3.63, 3.8) is 0 Å². The van der Waals surface area contributed by atoms with Crippen molar-refractivity contribution >= 4 is 50.2 Å². The molecule has 0 aliphatic heterocycles. The number of nitrogens with zero attached hydrogens (tertiary/aromatic N) is 3. The highest BCUT2D eigenvalue weighted by atomic mass is 35.5. The molecule has 1 N–H and O–H groups in total. The Morgan fingerprint density at radius 3 is 2.70 bits per heavy atom. The van der Waals surface area contributed by atoms with E-state index in [2.05, 4.69) is 10.3 Å². The van der Waals surface area contributed by atoms with Crippen LogP contribution in [-0.4, -0.2) is 40.4 Å². The topological polar surface area (TPSA) is 95.3 Å². The molecule has 2 atom stereocenters. The van der Waals surface area contributed by atoms with Gasteiger partial charge in [0.25, 0.3) is 0 Å². The fourth-order valence-electron chi connectivity index (χ4n) is 4.76. The molecule has 1 saturated carbocycles. The van der Waals surface area contributed by atoms with E-state index in [0.717, 1.165) is 27.2 Å². The number of para-hydroxylation sites is 1. The molecule has 1 aliphatic rings. The maximum absolute atomic E-state index is 13.3. The molecule has 5 aromatic rings. The van der Waals surface area contributed by atoms with Crippen LogP contribution in [0.25, 0.3) is 27.2 Å². The predicted molar refractivity (Wildman–Crippen MR) is 156 cm³/mol. The molecule has 0 radical (unpaired) electrons. The lowest BCUT2D eigenvalue weighted by Gasteiger charge is -2.06. The molecule has 1 amide bonds. The van der Waals surface area contributed by atoms with Crippen LogP contribution < -0.4 is 10.1 Å². The molecular weight excluding hydrogens is 548 g/mol. The Morgan fingerprint density at radius 1 is 1.12 bits per heavy atom. The van der Waals surface area contributed by atoms with Gasteiger partial charge in [0, 0.05) is 29.2 Å². The van der Waals surface area contributed by atoms with Gasteiger partial charge in [-0.3, -0.25) is 4.79 Å². The molecular formula is C30H25ClN4O4S. The number of ether oxygens (including phenoxy) is 2. The van der Waals surface area contributed by atoms with E-state index in [1.165, 1.54) is 11.3 Å². The SMILES string of the molecule is CCOC(=O)c1ccc2nc(NC(=O)C3CC3c3cn(-c4ccccc4)nc3-c3ccc(OC)c(Cl)c3)sc2c1. The van der Waals surface area contributed by atoms with Gasteiger partial charge in [-0.2, -0.15) is 5.10 Å². The van der Waals surface area contributed by atoms with E-state index in [1.807, 2.05) is 59.4 Å². The Balaban J connectivity index is 1.25. The van der Waals surface area contributed by atoms with Gasteiger partial charge < -0.3 is 14.8 Å². The molecule has 2 heterocycles. The summed E-state index contributed by atoms with van der Waals surface area (Å²) < 4.78 is 13.0. The number of benzene rings is 3. The molecule has 0 saturated heterocycles. The molecule has 1 fully saturated rings. The lowest BCUT2D eigenvalue weighted by molar-refractivity contribution is -0.117. The minimum Gasteiger partial charge on any atom is -0.495 e. The number of hydrogen-bond donors (Lipinski definition) is 1. The van der Waals surface area contributed by atoms with Crippen LogP contribution in [0.2, 0.25) is 5.02 Å². The first-order valence-corrected chi connectivity index (χ1v) is 14.0. The fraction of sp³-hybridized carbons (Fsp3) is 0.200. The van der Waals surface area contributed by atoms with Crippen molar-refractivity contribution in [2.45, 2.75) is 19.3 Å². The van der Waals surface area contributed by atoms with Gasteiger partial charge >= 0.3 is 5.97 Å². The van der Waals surface area contributed by atoms with E-state index in [-0.39, 0.29) is 23.7 Å². The lowest BCUT2D eigenvalue weighted by Crippen LogP contribution is -2.14. The standard InChI is InChI=1S/C30H25ClN4O4S/c1-3-39-29(37)18-9-11-24-26(14-18)40-30(32-24)33-28(36)21-15-20(21)22-16-35(19-7-5-4-6-8-19)34-27(22)17-10-12-25(38-2)23(31)13-17/h4-14,16,20-21H,3,15H2,1-2H3,(H,32,33,36). The number of hydrogen-bond acceptors (Lipinski definition) is 7. The first-order valence-electron chi connectivity index (χ1n) is 12.8. The third-order valence-corrected chi connectivity index (χ3v) is 8.07. The summed E-state index contributed by atoms with van der Waals surface area (Å²) in [5.41, 5.74) is 4.70. The summed E-state index contributed by atoms with van der Waals surface area (Å²) in [7, 11) is 1.58. The molecule has 1 aliphatic carbocycles. The summed E-state index contributed by atoms with van der Waals surface area (Å²) in [4.78, 5) is 29.9. The molecule has 10 heteroatoms. The predicted octanol–water partition coefficient (Wildman–Crippen LogP) is 6.73. The first-order chi connectivity index (χ1) is 19.4. The quantitative estimate of drug-likeness (QED) is 0.207. The summed E-state index contributed by atoms with van der Waals surface area (Å²) in [5, 5.41) is 8.85. The van der Waals surface area contributed by atoms with Gasteiger partial charge in [0.05, 0.1) is 45.9 Å². The van der Waals surface area contributed by atoms with Crippen molar-refractivity contribution in [2.24, 2.45) is 5.92 Å². The Labute approximate surface area is 239 Å². The van der Waals surface area contributed by atoms with Crippen molar-refractivity contribution in [3.8, 4) is 22.7 Å². The van der Waals surface area contributed by atoms with Crippen molar-refractivity contribution in [2.75, 3.05) is 19.0 Å². The number of esters is 1. The Kier molecular flexibility index (Phi) is 7.00. The molecule has 2 unspecified atom stereocenters. The van der Waals surface area contributed by atoms with Crippen molar-refractivity contribution in [1.82, 2.24) is 14.8 Å². The highest BCUT2D eigenvalue weighted by Gasteiger charge is 2.46. The zero-order valence-corrected chi connectivity index (χ0v) is 23.3. The molecule has 202 valence electrons. The van der Waals surface area contributed by atoms with Crippen LogP contribution in [0.1, 0.15) is 35.2 Å². The summed E-state index contributed by atoms with van der Waals surface area (Å²) in [6.45, 7) is 2.07. The van der Waals surface area contributed by atoms with Gasteiger partial charge in [0.15, 0.2) is 5.13 Å². The zero-order valence-electron chi connectivity index (χ0n) is 21.8. The van der Waals surface area contributed by atoms with Gasteiger partial charge in [-0.05, 0) is 61.9 Å². The van der Waals surface area contributed by atoms with Crippen molar-refractivity contribution < 1.29 is 19.1 Å². The number of methoxy groups -OCH3 is 1. The van der Waals surface area contributed by atoms with E-state index in [4.69, 9.17) is 26.2 Å². The number of fused-ring (bicyclic) bond motifs is 1.